The summed E-state index contributed by atoms with van der Waals surface area (Å²) >= 11 is 0. The molecule has 1 aromatic rings. The predicted molar refractivity (Wildman–Crippen MR) is 62.1 cm³/mol. The zero-order chi connectivity index (χ0) is 14.0. The number of rotatable bonds is 3. The Morgan fingerprint density at radius 1 is 1.53 bits per heavy atom. The van der Waals surface area contributed by atoms with Crippen LogP contribution in [0.25, 0.3) is 0 Å². The predicted octanol–water partition coefficient (Wildman–Crippen LogP) is 1.07. The van der Waals surface area contributed by atoms with Gasteiger partial charge in [0.2, 0.25) is 0 Å². The fourth-order valence-electron chi connectivity index (χ4n) is 2.05. The Morgan fingerprint density at radius 3 is 2.89 bits per heavy atom. The van der Waals surface area contributed by atoms with Crippen LogP contribution < -0.4 is 4.90 Å². The highest BCUT2D eigenvalue weighted by Gasteiger charge is 2.32. The van der Waals surface area contributed by atoms with E-state index < -0.39 is 34.0 Å². The number of nitrogens with zero attached hydrogens (tertiary/aromatic N) is 2. The van der Waals surface area contributed by atoms with Crippen LogP contribution in [0, 0.1) is 21.7 Å². The van der Waals surface area contributed by atoms with Gasteiger partial charge in [0, 0.05) is 12.6 Å². The molecule has 2 rings (SSSR count). The summed E-state index contributed by atoms with van der Waals surface area (Å²) < 4.78 is 32.3. The molecule has 1 N–H and O–H groups in total. The van der Waals surface area contributed by atoms with E-state index in [1.165, 1.54) is 4.90 Å². The van der Waals surface area contributed by atoms with Crippen LogP contribution in [0.5, 0.6) is 0 Å². The molecule has 1 fully saturated rings. The highest BCUT2D eigenvalue weighted by atomic mass is 19.2. The van der Waals surface area contributed by atoms with Gasteiger partial charge >= 0.3 is 0 Å². The molecule has 0 bridgehead atoms. The van der Waals surface area contributed by atoms with E-state index in [4.69, 9.17) is 4.74 Å². The number of nitro groups is 1. The van der Waals surface area contributed by atoms with E-state index in [0.29, 0.717) is 6.07 Å². The zero-order valence-corrected chi connectivity index (χ0v) is 9.88. The van der Waals surface area contributed by atoms with Crippen molar-refractivity contribution in [1.82, 2.24) is 0 Å². The second-order valence-corrected chi connectivity index (χ2v) is 4.09. The minimum absolute atomic E-state index is 0.101. The Balaban J connectivity index is 2.52. The number of benzene rings is 1. The van der Waals surface area contributed by atoms with E-state index in [9.17, 15) is 24.0 Å². The minimum Gasteiger partial charge on any atom is -0.394 e. The van der Waals surface area contributed by atoms with Crippen molar-refractivity contribution < 1.29 is 23.5 Å². The summed E-state index contributed by atoms with van der Waals surface area (Å²) in [7, 11) is 0. The highest BCUT2D eigenvalue weighted by molar-refractivity contribution is 5.65. The second-order valence-electron chi connectivity index (χ2n) is 4.09. The summed E-state index contributed by atoms with van der Waals surface area (Å²) in [6.07, 6.45) is 0. The van der Waals surface area contributed by atoms with E-state index >= 15 is 0 Å². The van der Waals surface area contributed by atoms with Crippen LogP contribution in [0.3, 0.4) is 0 Å². The molecule has 1 saturated heterocycles. The first-order valence-electron chi connectivity index (χ1n) is 5.64. The van der Waals surface area contributed by atoms with Crippen molar-refractivity contribution >= 4 is 11.4 Å². The standard InChI is InChI=1S/C11H12F2N2O4/c12-8-1-2-9(15(17)18)11(10(8)13)14-3-4-19-6-7(14)5-16/h1-2,7,16H,3-6H2. The molecule has 1 aliphatic rings. The van der Waals surface area contributed by atoms with Crippen LogP contribution in [-0.4, -0.2) is 42.4 Å². The number of aliphatic hydroxyl groups is 1. The number of halogens is 2. The molecule has 0 radical (unpaired) electrons. The van der Waals surface area contributed by atoms with Gasteiger partial charge in [-0.2, -0.15) is 0 Å². The molecule has 1 aromatic carbocycles. The normalized spacial score (nSPS) is 19.5. The summed E-state index contributed by atoms with van der Waals surface area (Å²) in [6, 6.07) is 0.993. The number of morpholine rings is 1. The maximum Gasteiger partial charge on any atom is 0.295 e. The first-order chi connectivity index (χ1) is 9.06. The smallest absolute Gasteiger partial charge is 0.295 e. The summed E-state index contributed by atoms with van der Waals surface area (Å²) in [5.74, 6) is -2.45. The van der Waals surface area contributed by atoms with Crippen LogP contribution in [-0.2, 0) is 4.74 Å². The molecule has 0 saturated carbocycles. The average molecular weight is 274 g/mol. The lowest BCUT2D eigenvalue weighted by Crippen LogP contribution is -2.48. The molecule has 6 nitrogen and oxygen atoms in total. The SMILES string of the molecule is O=[N+]([O-])c1ccc(F)c(F)c1N1CCOCC1CO. The van der Waals surface area contributed by atoms with Crippen molar-refractivity contribution in [2.45, 2.75) is 6.04 Å². The summed E-state index contributed by atoms with van der Waals surface area (Å²) in [5, 5.41) is 20.1. The van der Waals surface area contributed by atoms with Gasteiger partial charge in [-0.15, -0.1) is 0 Å². The summed E-state index contributed by atoms with van der Waals surface area (Å²) in [5.41, 5.74) is -0.966. The first-order valence-corrected chi connectivity index (χ1v) is 5.64. The van der Waals surface area contributed by atoms with Crippen LogP contribution >= 0.6 is 0 Å². The Morgan fingerprint density at radius 2 is 2.26 bits per heavy atom. The largest absolute Gasteiger partial charge is 0.394 e. The zero-order valence-electron chi connectivity index (χ0n) is 9.88. The van der Waals surface area contributed by atoms with E-state index in [0.717, 1.165) is 6.07 Å². The molecule has 1 unspecified atom stereocenters. The number of aliphatic hydroxyl groups excluding tert-OH is 1. The van der Waals surface area contributed by atoms with Gasteiger partial charge in [-0.3, -0.25) is 10.1 Å². The van der Waals surface area contributed by atoms with E-state index in [-0.39, 0.29) is 26.4 Å². The lowest BCUT2D eigenvalue weighted by atomic mass is 10.1. The molecule has 104 valence electrons. The Bertz CT molecular complexity index is 498. The Kier molecular flexibility index (Phi) is 3.91. The van der Waals surface area contributed by atoms with Crippen LogP contribution in [0.2, 0.25) is 0 Å². The van der Waals surface area contributed by atoms with Gasteiger partial charge in [-0.05, 0) is 6.07 Å². The number of hydrogen-bond acceptors (Lipinski definition) is 5. The third-order valence-electron chi connectivity index (χ3n) is 2.97. The van der Waals surface area contributed by atoms with Gasteiger partial charge in [0.05, 0.1) is 30.8 Å². The minimum atomic E-state index is -1.28. The topological polar surface area (TPSA) is 75.8 Å². The van der Waals surface area contributed by atoms with Gasteiger partial charge in [0.15, 0.2) is 17.3 Å². The van der Waals surface area contributed by atoms with Gasteiger partial charge < -0.3 is 14.7 Å². The summed E-state index contributed by atoms with van der Waals surface area (Å²) in [6.45, 7) is 0.104. The maximum atomic E-state index is 13.9. The average Bonchev–Trinajstić information content (AvgIpc) is 2.41. The van der Waals surface area contributed by atoms with E-state index in [1.807, 2.05) is 0 Å². The third-order valence-corrected chi connectivity index (χ3v) is 2.97. The lowest BCUT2D eigenvalue weighted by Gasteiger charge is -2.35. The fraction of sp³-hybridized carbons (Fsp3) is 0.455. The fourth-order valence-corrected chi connectivity index (χ4v) is 2.05. The van der Waals surface area contributed by atoms with Crippen LogP contribution in [0.15, 0.2) is 12.1 Å². The molecule has 0 aromatic heterocycles. The van der Waals surface area contributed by atoms with Gasteiger partial charge in [0.1, 0.15) is 0 Å². The van der Waals surface area contributed by atoms with Crippen molar-refractivity contribution in [3.8, 4) is 0 Å². The third kappa shape index (κ3) is 2.49. The first kappa shape index (κ1) is 13.6. The van der Waals surface area contributed by atoms with Crippen molar-refractivity contribution in [3.05, 3.63) is 33.9 Å². The van der Waals surface area contributed by atoms with Crippen LogP contribution in [0.4, 0.5) is 20.2 Å². The number of hydrogen-bond donors (Lipinski definition) is 1. The van der Waals surface area contributed by atoms with Gasteiger partial charge in [0.25, 0.3) is 5.69 Å². The van der Waals surface area contributed by atoms with Gasteiger partial charge in [-0.1, -0.05) is 0 Å². The molecule has 0 spiro atoms. The maximum absolute atomic E-state index is 13.9. The molecule has 1 heterocycles. The molecule has 19 heavy (non-hydrogen) atoms. The lowest BCUT2D eigenvalue weighted by molar-refractivity contribution is -0.384. The summed E-state index contributed by atoms with van der Waals surface area (Å²) in [4.78, 5) is 11.4. The molecule has 8 heteroatoms. The van der Waals surface area contributed by atoms with Crippen LogP contribution in [0.1, 0.15) is 0 Å². The number of nitro benzene ring substituents is 1. The molecule has 1 aliphatic heterocycles. The van der Waals surface area contributed by atoms with E-state index in [2.05, 4.69) is 0 Å². The van der Waals surface area contributed by atoms with Crippen molar-refractivity contribution in [2.24, 2.45) is 0 Å². The van der Waals surface area contributed by atoms with Crippen molar-refractivity contribution in [2.75, 3.05) is 31.3 Å². The molecule has 0 aliphatic carbocycles. The second kappa shape index (κ2) is 5.45. The van der Waals surface area contributed by atoms with E-state index in [1.54, 1.807) is 0 Å². The Hall–Kier alpha value is -1.80. The Labute approximate surface area is 107 Å². The molecule has 1 atom stereocenters. The van der Waals surface area contributed by atoms with Gasteiger partial charge in [-0.25, -0.2) is 8.78 Å². The molecule has 0 amide bonds. The molecular weight excluding hydrogens is 262 g/mol. The molecular formula is C11H12F2N2O4. The van der Waals surface area contributed by atoms with Crippen molar-refractivity contribution in [1.29, 1.82) is 0 Å². The number of anilines is 1. The monoisotopic (exact) mass is 274 g/mol. The quantitative estimate of drug-likeness (QED) is 0.659. The van der Waals surface area contributed by atoms with Crippen molar-refractivity contribution in [3.63, 3.8) is 0 Å². The number of ether oxygens (including phenoxy) is 1. The highest BCUT2D eigenvalue weighted by Crippen LogP contribution is 2.34.